The molecular weight excluding hydrogens is 359 g/mol. The predicted octanol–water partition coefficient (Wildman–Crippen LogP) is 2.96. The highest BCUT2D eigenvalue weighted by atomic mass is 19.1. The van der Waals surface area contributed by atoms with Gasteiger partial charge in [0.25, 0.3) is 0 Å². The van der Waals surface area contributed by atoms with Crippen LogP contribution in [0.25, 0.3) is 0 Å². The molecule has 2 amide bonds. The van der Waals surface area contributed by atoms with Crippen molar-refractivity contribution in [1.82, 2.24) is 15.1 Å². The SMILES string of the molecule is O=C(Nc1ccccc1F)N1CCN(c2ccc(N3CCCCC3)nn2)CC1. The Balaban J connectivity index is 1.31. The van der Waals surface area contributed by atoms with E-state index in [0.29, 0.717) is 26.2 Å². The second-order valence-corrected chi connectivity index (χ2v) is 7.18. The number of rotatable bonds is 3. The van der Waals surface area contributed by atoms with Crippen LogP contribution in [-0.2, 0) is 0 Å². The monoisotopic (exact) mass is 384 g/mol. The zero-order valence-electron chi connectivity index (χ0n) is 15.9. The smallest absolute Gasteiger partial charge is 0.322 e. The Kier molecular flexibility index (Phi) is 5.55. The predicted molar refractivity (Wildman–Crippen MR) is 107 cm³/mol. The summed E-state index contributed by atoms with van der Waals surface area (Å²) in [5.74, 6) is 1.33. The van der Waals surface area contributed by atoms with Crippen molar-refractivity contribution in [3.63, 3.8) is 0 Å². The van der Waals surface area contributed by atoms with Crippen molar-refractivity contribution in [2.45, 2.75) is 19.3 Å². The molecule has 2 aromatic rings. The van der Waals surface area contributed by atoms with E-state index in [-0.39, 0.29) is 11.7 Å². The first-order valence-electron chi connectivity index (χ1n) is 9.85. The van der Waals surface area contributed by atoms with E-state index in [4.69, 9.17) is 0 Å². The Morgan fingerprint density at radius 2 is 1.43 bits per heavy atom. The third kappa shape index (κ3) is 4.16. The van der Waals surface area contributed by atoms with Gasteiger partial charge in [-0.25, -0.2) is 9.18 Å². The van der Waals surface area contributed by atoms with Crippen LogP contribution in [0.2, 0.25) is 0 Å². The van der Waals surface area contributed by atoms with Crippen LogP contribution in [0.4, 0.5) is 26.5 Å². The van der Waals surface area contributed by atoms with Gasteiger partial charge in [-0.1, -0.05) is 12.1 Å². The van der Waals surface area contributed by atoms with E-state index >= 15 is 0 Å². The quantitative estimate of drug-likeness (QED) is 0.881. The van der Waals surface area contributed by atoms with Gasteiger partial charge in [-0.15, -0.1) is 10.2 Å². The van der Waals surface area contributed by atoms with E-state index < -0.39 is 5.82 Å². The molecule has 4 rings (SSSR count). The molecular formula is C20H25FN6O. The van der Waals surface area contributed by atoms with Crippen LogP contribution in [0.15, 0.2) is 36.4 Å². The van der Waals surface area contributed by atoms with E-state index in [1.807, 2.05) is 12.1 Å². The van der Waals surface area contributed by atoms with Crippen LogP contribution in [0.3, 0.4) is 0 Å². The maximum absolute atomic E-state index is 13.7. The Morgan fingerprint density at radius 3 is 2.04 bits per heavy atom. The molecule has 0 bridgehead atoms. The number of carbonyl (C=O) groups excluding carboxylic acids is 1. The molecule has 2 aliphatic heterocycles. The fraction of sp³-hybridized carbons (Fsp3) is 0.450. The van der Waals surface area contributed by atoms with Crippen molar-refractivity contribution in [2.24, 2.45) is 0 Å². The maximum Gasteiger partial charge on any atom is 0.322 e. The van der Waals surface area contributed by atoms with Gasteiger partial charge in [-0.3, -0.25) is 0 Å². The van der Waals surface area contributed by atoms with Crippen molar-refractivity contribution in [3.8, 4) is 0 Å². The molecule has 0 atom stereocenters. The van der Waals surface area contributed by atoms with Gasteiger partial charge in [-0.05, 0) is 43.5 Å². The number of nitrogens with one attached hydrogen (secondary N) is 1. The average molecular weight is 384 g/mol. The Morgan fingerprint density at radius 1 is 0.821 bits per heavy atom. The molecule has 0 radical (unpaired) electrons. The van der Waals surface area contributed by atoms with Gasteiger partial charge in [0.2, 0.25) is 0 Å². The number of piperazine rings is 1. The zero-order chi connectivity index (χ0) is 19.3. The number of nitrogens with zero attached hydrogens (tertiary/aromatic N) is 5. The minimum atomic E-state index is -0.432. The average Bonchev–Trinajstić information content (AvgIpc) is 2.76. The van der Waals surface area contributed by atoms with Gasteiger partial charge in [0.05, 0.1) is 5.69 Å². The molecule has 1 N–H and O–H groups in total. The van der Waals surface area contributed by atoms with Gasteiger partial charge in [-0.2, -0.15) is 0 Å². The molecule has 1 aromatic carbocycles. The van der Waals surface area contributed by atoms with E-state index in [1.54, 1.807) is 23.1 Å². The minimum absolute atomic E-state index is 0.203. The summed E-state index contributed by atoms with van der Waals surface area (Å²) in [4.78, 5) is 18.5. The minimum Gasteiger partial charge on any atom is -0.355 e. The summed E-state index contributed by atoms with van der Waals surface area (Å²) in [5.41, 5.74) is 0.203. The largest absolute Gasteiger partial charge is 0.355 e. The van der Waals surface area contributed by atoms with Crippen molar-refractivity contribution >= 4 is 23.4 Å². The molecule has 0 aliphatic carbocycles. The number of urea groups is 1. The fourth-order valence-electron chi connectivity index (χ4n) is 3.67. The van der Waals surface area contributed by atoms with Crippen LogP contribution in [0.5, 0.6) is 0 Å². The van der Waals surface area contributed by atoms with E-state index in [1.165, 1.54) is 25.3 Å². The molecule has 0 spiro atoms. The number of anilines is 3. The summed E-state index contributed by atoms with van der Waals surface area (Å²) in [6.45, 7) is 4.53. The van der Waals surface area contributed by atoms with Gasteiger partial charge in [0.15, 0.2) is 11.6 Å². The van der Waals surface area contributed by atoms with Crippen molar-refractivity contribution in [2.75, 3.05) is 54.4 Å². The zero-order valence-corrected chi connectivity index (χ0v) is 15.9. The van der Waals surface area contributed by atoms with Gasteiger partial charge >= 0.3 is 6.03 Å². The number of para-hydroxylation sites is 1. The standard InChI is InChI=1S/C20H25FN6O/c21-16-6-2-3-7-17(16)22-20(28)27-14-12-26(13-15-27)19-9-8-18(23-24-19)25-10-4-1-5-11-25/h2-3,6-9H,1,4-5,10-15H2,(H,22,28). The molecule has 2 fully saturated rings. The topological polar surface area (TPSA) is 64.6 Å². The van der Waals surface area contributed by atoms with Crippen LogP contribution in [0, 0.1) is 5.82 Å². The summed E-state index contributed by atoms with van der Waals surface area (Å²) in [6.07, 6.45) is 3.71. The van der Waals surface area contributed by atoms with Crippen molar-refractivity contribution in [1.29, 1.82) is 0 Å². The highest BCUT2D eigenvalue weighted by Gasteiger charge is 2.23. The number of benzene rings is 1. The molecule has 7 nitrogen and oxygen atoms in total. The number of hydrogen-bond acceptors (Lipinski definition) is 5. The molecule has 0 unspecified atom stereocenters. The van der Waals surface area contributed by atoms with Crippen LogP contribution >= 0.6 is 0 Å². The number of amides is 2. The summed E-state index contributed by atoms with van der Waals surface area (Å²) < 4.78 is 13.7. The first-order valence-corrected chi connectivity index (χ1v) is 9.85. The number of piperidine rings is 1. The lowest BCUT2D eigenvalue weighted by Crippen LogP contribution is -2.50. The normalized spacial score (nSPS) is 17.5. The molecule has 1 aromatic heterocycles. The van der Waals surface area contributed by atoms with Gasteiger partial charge in [0, 0.05) is 39.3 Å². The highest BCUT2D eigenvalue weighted by Crippen LogP contribution is 2.20. The summed E-state index contributed by atoms with van der Waals surface area (Å²) in [6, 6.07) is 9.94. The fourth-order valence-corrected chi connectivity index (χ4v) is 3.67. The van der Waals surface area contributed by atoms with Gasteiger partial charge < -0.3 is 20.0 Å². The summed E-state index contributed by atoms with van der Waals surface area (Å²) >= 11 is 0. The van der Waals surface area contributed by atoms with E-state index in [0.717, 1.165) is 24.7 Å². The van der Waals surface area contributed by atoms with Gasteiger partial charge in [0.1, 0.15) is 5.82 Å². The molecule has 28 heavy (non-hydrogen) atoms. The molecule has 0 saturated carbocycles. The second-order valence-electron chi connectivity index (χ2n) is 7.18. The second kappa shape index (κ2) is 8.41. The van der Waals surface area contributed by atoms with Crippen LogP contribution < -0.4 is 15.1 Å². The molecule has 2 aliphatic rings. The maximum atomic E-state index is 13.7. The lowest BCUT2D eigenvalue weighted by Gasteiger charge is -2.35. The third-order valence-electron chi connectivity index (χ3n) is 5.32. The lowest BCUT2D eigenvalue weighted by atomic mass is 10.1. The Bertz CT molecular complexity index is 801. The number of carbonyl (C=O) groups is 1. The summed E-state index contributed by atoms with van der Waals surface area (Å²) in [7, 11) is 0. The third-order valence-corrected chi connectivity index (χ3v) is 5.32. The molecule has 8 heteroatoms. The first kappa shape index (κ1) is 18.5. The number of aromatic nitrogens is 2. The summed E-state index contributed by atoms with van der Waals surface area (Å²) in [5, 5.41) is 11.4. The van der Waals surface area contributed by atoms with Crippen LogP contribution in [-0.4, -0.2) is 60.4 Å². The molecule has 3 heterocycles. The first-order chi connectivity index (χ1) is 13.7. The molecule has 2 saturated heterocycles. The highest BCUT2D eigenvalue weighted by molar-refractivity contribution is 5.89. The number of halogens is 1. The number of hydrogen-bond donors (Lipinski definition) is 1. The Labute approximate surface area is 164 Å². The van der Waals surface area contributed by atoms with Crippen molar-refractivity contribution < 1.29 is 9.18 Å². The van der Waals surface area contributed by atoms with E-state index in [2.05, 4.69) is 25.3 Å². The van der Waals surface area contributed by atoms with Crippen molar-refractivity contribution in [3.05, 3.63) is 42.2 Å². The van der Waals surface area contributed by atoms with Crippen LogP contribution in [0.1, 0.15) is 19.3 Å². The lowest BCUT2D eigenvalue weighted by molar-refractivity contribution is 0.208. The van der Waals surface area contributed by atoms with E-state index in [9.17, 15) is 9.18 Å². The molecule has 148 valence electrons. The Hall–Kier alpha value is -2.90.